The van der Waals surface area contributed by atoms with Crippen LogP contribution in [0.1, 0.15) is 24.8 Å². The summed E-state index contributed by atoms with van der Waals surface area (Å²) in [5, 5.41) is 7.43. The lowest BCUT2D eigenvalue weighted by molar-refractivity contribution is 0.364. The molecule has 3 aliphatic rings. The van der Waals surface area contributed by atoms with Gasteiger partial charge in [0.2, 0.25) is 0 Å². The van der Waals surface area contributed by atoms with Gasteiger partial charge in [0.1, 0.15) is 0 Å². The molecule has 1 aliphatic heterocycles. The number of hydrogen-bond donors (Lipinski definition) is 0. The fourth-order valence-electron chi connectivity index (χ4n) is 4.92. The maximum Gasteiger partial charge on any atom is 0.0737 e. The minimum Gasteiger partial charge on any atom is -0.261 e. The van der Waals surface area contributed by atoms with Gasteiger partial charge < -0.3 is 0 Å². The van der Waals surface area contributed by atoms with Gasteiger partial charge in [-0.05, 0) is 48.8 Å². The van der Waals surface area contributed by atoms with Crippen molar-refractivity contribution in [3.8, 4) is 0 Å². The zero-order chi connectivity index (χ0) is 14.5. The van der Waals surface area contributed by atoms with Crippen LogP contribution >= 0.6 is 0 Å². The first-order valence-electron chi connectivity index (χ1n) is 8.40. The molecule has 2 saturated carbocycles. The van der Waals surface area contributed by atoms with Crippen molar-refractivity contribution in [1.82, 2.24) is 0 Å². The van der Waals surface area contributed by atoms with Gasteiger partial charge in [0, 0.05) is 5.92 Å². The number of fused-ring (bicyclic) bond motifs is 5. The Labute approximate surface area is 131 Å². The molecule has 22 heavy (non-hydrogen) atoms. The summed E-state index contributed by atoms with van der Waals surface area (Å²) in [6.45, 7) is 0. The smallest absolute Gasteiger partial charge is 0.0737 e. The van der Waals surface area contributed by atoms with E-state index in [1.165, 1.54) is 36.2 Å². The van der Waals surface area contributed by atoms with Gasteiger partial charge in [-0.1, -0.05) is 48.5 Å². The van der Waals surface area contributed by atoms with E-state index in [0.717, 1.165) is 11.8 Å². The Morgan fingerprint density at radius 3 is 2.27 bits per heavy atom. The van der Waals surface area contributed by atoms with E-state index in [1.54, 1.807) is 0 Å². The van der Waals surface area contributed by atoms with E-state index in [9.17, 15) is 0 Å². The molecule has 2 fully saturated rings. The molecule has 4 unspecified atom stereocenters. The average molecular weight is 288 g/mol. The van der Waals surface area contributed by atoms with Crippen molar-refractivity contribution in [1.29, 1.82) is 0 Å². The molecule has 0 amide bonds. The van der Waals surface area contributed by atoms with Gasteiger partial charge in [0.15, 0.2) is 0 Å². The van der Waals surface area contributed by atoms with E-state index in [4.69, 9.17) is 5.10 Å². The van der Waals surface area contributed by atoms with Crippen LogP contribution in [0.5, 0.6) is 0 Å². The highest BCUT2D eigenvalue weighted by atomic mass is 15.5. The van der Waals surface area contributed by atoms with Crippen LogP contribution in [0.3, 0.4) is 0 Å². The Hall–Kier alpha value is -2.09. The molecule has 2 nitrogen and oxygen atoms in total. The van der Waals surface area contributed by atoms with Gasteiger partial charge in [0.25, 0.3) is 0 Å². The summed E-state index contributed by atoms with van der Waals surface area (Å²) >= 11 is 0. The third-order valence-corrected chi connectivity index (χ3v) is 5.78. The zero-order valence-corrected chi connectivity index (χ0v) is 12.6. The van der Waals surface area contributed by atoms with Crippen molar-refractivity contribution >= 4 is 11.4 Å². The molecule has 5 rings (SSSR count). The highest BCUT2D eigenvalue weighted by Crippen LogP contribution is 2.54. The molecule has 0 N–H and O–H groups in total. The lowest BCUT2D eigenvalue weighted by Crippen LogP contribution is -2.38. The quantitative estimate of drug-likeness (QED) is 0.803. The molecule has 2 aromatic carbocycles. The van der Waals surface area contributed by atoms with E-state index < -0.39 is 0 Å². The van der Waals surface area contributed by atoms with Gasteiger partial charge in [-0.15, -0.1) is 0 Å². The van der Waals surface area contributed by atoms with E-state index >= 15 is 0 Å². The highest BCUT2D eigenvalue weighted by Gasteiger charge is 2.55. The minimum atomic E-state index is 0.580. The monoisotopic (exact) mass is 288 g/mol. The van der Waals surface area contributed by atoms with Crippen LogP contribution in [0.15, 0.2) is 65.8 Å². The third kappa shape index (κ3) is 1.70. The fourth-order valence-corrected chi connectivity index (χ4v) is 4.92. The molecule has 1 heterocycles. The first-order chi connectivity index (χ1) is 10.9. The second kappa shape index (κ2) is 4.70. The maximum atomic E-state index is 5.10. The van der Waals surface area contributed by atoms with Crippen molar-refractivity contribution in [2.45, 2.75) is 25.3 Å². The number of hydrazone groups is 1. The lowest BCUT2D eigenvalue weighted by atomic mass is 9.80. The van der Waals surface area contributed by atoms with Gasteiger partial charge in [0.05, 0.1) is 17.4 Å². The Kier molecular flexibility index (Phi) is 2.66. The number of rotatable bonds is 2. The van der Waals surface area contributed by atoms with Crippen molar-refractivity contribution in [2.75, 3.05) is 5.01 Å². The topological polar surface area (TPSA) is 15.6 Å². The van der Waals surface area contributed by atoms with Crippen LogP contribution in [0, 0.1) is 17.8 Å². The Balaban J connectivity index is 1.62. The first-order valence-corrected chi connectivity index (χ1v) is 8.40. The molecular formula is C20H20N2. The van der Waals surface area contributed by atoms with Crippen LogP contribution in [0.4, 0.5) is 5.69 Å². The van der Waals surface area contributed by atoms with Crippen molar-refractivity contribution in [3.63, 3.8) is 0 Å². The summed E-state index contributed by atoms with van der Waals surface area (Å²) in [4.78, 5) is 0. The minimum absolute atomic E-state index is 0.580. The Bertz CT molecular complexity index is 707. The molecule has 4 atom stereocenters. The number of para-hydroxylation sites is 1. The summed E-state index contributed by atoms with van der Waals surface area (Å²) in [6, 6.07) is 22.1. The predicted octanol–water partition coefficient (Wildman–Crippen LogP) is 4.33. The second-order valence-electron chi connectivity index (χ2n) is 6.88. The predicted molar refractivity (Wildman–Crippen MR) is 90.0 cm³/mol. The van der Waals surface area contributed by atoms with Gasteiger partial charge in [-0.25, -0.2) is 0 Å². The summed E-state index contributed by atoms with van der Waals surface area (Å²) < 4.78 is 0. The van der Waals surface area contributed by atoms with Crippen molar-refractivity contribution in [3.05, 3.63) is 66.2 Å². The number of nitrogens with zero attached hydrogens (tertiary/aromatic N) is 2. The fraction of sp³-hybridized carbons (Fsp3) is 0.350. The van der Waals surface area contributed by atoms with Crippen LogP contribution in [0.2, 0.25) is 0 Å². The molecule has 0 aromatic heterocycles. The summed E-state index contributed by atoms with van der Waals surface area (Å²) in [7, 11) is 0. The summed E-state index contributed by atoms with van der Waals surface area (Å²) in [5.74, 6) is 2.28. The summed E-state index contributed by atoms with van der Waals surface area (Å²) in [5.41, 5.74) is 3.88. The molecule has 0 spiro atoms. The molecule has 0 radical (unpaired) electrons. The van der Waals surface area contributed by atoms with Crippen LogP contribution in [-0.4, -0.2) is 11.8 Å². The number of hydrogen-bond acceptors (Lipinski definition) is 2. The second-order valence-corrected chi connectivity index (χ2v) is 6.88. The SMILES string of the molecule is c1ccc(C2=NN(c3ccccc3)C3C4CCC(C4)C23)cc1. The molecule has 2 heteroatoms. The molecule has 0 saturated heterocycles. The van der Waals surface area contributed by atoms with E-state index in [-0.39, 0.29) is 0 Å². The van der Waals surface area contributed by atoms with Crippen LogP contribution < -0.4 is 5.01 Å². The lowest BCUT2D eigenvalue weighted by Gasteiger charge is -2.31. The van der Waals surface area contributed by atoms with Gasteiger partial charge in [-0.3, -0.25) is 5.01 Å². The van der Waals surface area contributed by atoms with E-state index in [2.05, 4.69) is 65.7 Å². The average Bonchev–Trinajstić information content (AvgIpc) is 3.29. The summed E-state index contributed by atoms with van der Waals surface area (Å²) in [6.07, 6.45) is 4.16. The van der Waals surface area contributed by atoms with Crippen molar-refractivity contribution < 1.29 is 0 Å². The van der Waals surface area contributed by atoms with E-state index in [1.807, 2.05) is 0 Å². The number of anilines is 1. The first kappa shape index (κ1) is 12.5. The molecular weight excluding hydrogens is 268 g/mol. The largest absolute Gasteiger partial charge is 0.261 e. The third-order valence-electron chi connectivity index (χ3n) is 5.78. The Morgan fingerprint density at radius 2 is 1.50 bits per heavy atom. The van der Waals surface area contributed by atoms with Crippen LogP contribution in [0.25, 0.3) is 0 Å². The number of benzene rings is 2. The molecule has 2 bridgehead atoms. The maximum absolute atomic E-state index is 5.10. The highest BCUT2D eigenvalue weighted by molar-refractivity contribution is 6.05. The van der Waals surface area contributed by atoms with Gasteiger partial charge in [-0.2, -0.15) is 5.10 Å². The standard InChI is InChI=1S/C20H20N2/c1-3-7-14(8-4-1)19-18-15-11-12-16(13-15)20(18)22(21-19)17-9-5-2-6-10-17/h1-10,15-16,18,20H,11-13H2. The molecule has 110 valence electrons. The molecule has 2 aliphatic carbocycles. The van der Waals surface area contributed by atoms with Crippen LogP contribution in [-0.2, 0) is 0 Å². The van der Waals surface area contributed by atoms with E-state index in [0.29, 0.717) is 12.0 Å². The Morgan fingerprint density at radius 1 is 0.818 bits per heavy atom. The zero-order valence-electron chi connectivity index (χ0n) is 12.6. The van der Waals surface area contributed by atoms with Crippen molar-refractivity contribution in [2.24, 2.45) is 22.9 Å². The molecule has 2 aromatic rings. The van der Waals surface area contributed by atoms with Gasteiger partial charge >= 0.3 is 0 Å². The normalized spacial score (nSPS) is 32.2.